The van der Waals surface area contributed by atoms with Crippen LogP contribution in [0.5, 0.6) is 11.5 Å². The molecule has 2 aliphatic carbocycles. The lowest BCUT2D eigenvalue weighted by atomic mass is 9.49. The van der Waals surface area contributed by atoms with Crippen molar-refractivity contribution in [1.29, 1.82) is 0 Å². The molecule has 13 heteroatoms. The number of carbonyl (C=O) groups excluding carboxylic acids is 4. The molecule has 2 heterocycles. The molecular weight excluding hydrogens is 751 g/mol. The first kappa shape index (κ1) is 34.3. The van der Waals surface area contributed by atoms with Crippen molar-refractivity contribution in [3.8, 4) is 11.5 Å². The van der Waals surface area contributed by atoms with Crippen LogP contribution in [0.15, 0.2) is 107 Å². The second kappa shape index (κ2) is 12.7. The maximum Gasteiger partial charge on any atom is 0.488 e. The maximum absolute atomic E-state index is 15.4. The highest BCUT2D eigenvalue weighted by molar-refractivity contribution is 9.10. The number of phenolic OH excluding ortho intramolecular Hbond substituents is 1. The van der Waals surface area contributed by atoms with Gasteiger partial charge in [-0.3, -0.25) is 24.1 Å². The van der Waals surface area contributed by atoms with Crippen molar-refractivity contribution < 1.29 is 39.1 Å². The number of fused-ring (bicyclic) bond motifs is 4. The smallest absolute Gasteiger partial charge is 0.488 e. The number of hydrogen-bond acceptors (Lipinski definition) is 8. The first-order chi connectivity index (χ1) is 25.0. The number of hydrogen-bond donors (Lipinski definition) is 3. The highest BCUT2D eigenvalue weighted by Gasteiger charge is 2.70. The molecule has 8 rings (SSSR count). The standard InChI is InChI=1S/C39H31BBrClN2O8/c1-52-31-17-22(41)16-29(34(31)45)33-26-13-14-27-32(37(48)43(35(27)46)24-11-5-9-21(15-24)40(50)51)28(26)19-30-36(47)44(25-12-6-10-23(42)18-25)38(49)39(30,33)20-7-3-2-4-8-20/h2-13,15-18,27-28,30,32-33,45,50-51H,14,19H2,1H3/t27-,28+,30-,32-,33+,39+/m0/s1. The molecule has 0 radical (unpaired) electrons. The van der Waals surface area contributed by atoms with E-state index < -0.39 is 65.8 Å². The molecule has 4 aromatic carbocycles. The number of anilines is 2. The Morgan fingerprint density at radius 2 is 1.56 bits per heavy atom. The third-order valence-corrected chi connectivity index (χ3v) is 11.9. The monoisotopic (exact) mass is 780 g/mol. The normalized spacial score (nSPS) is 26.6. The van der Waals surface area contributed by atoms with Crippen LogP contribution in [0.1, 0.15) is 29.9 Å². The number of phenols is 1. The predicted molar refractivity (Wildman–Crippen MR) is 197 cm³/mol. The molecular formula is C39H31BBrClN2O8. The highest BCUT2D eigenvalue weighted by Crippen LogP contribution is 2.66. The van der Waals surface area contributed by atoms with E-state index in [1.54, 1.807) is 66.7 Å². The minimum Gasteiger partial charge on any atom is -0.504 e. The number of methoxy groups -OCH3 is 1. The van der Waals surface area contributed by atoms with E-state index in [-0.39, 0.29) is 35.5 Å². The first-order valence-corrected chi connectivity index (χ1v) is 18.0. The van der Waals surface area contributed by atoms with E-state index in [4.69, 9.17) is 16.3 Å². The quantitative estimate of drug-likeness (QED) is 0.143. The first-order valence-electron chi connectivity index (χ1n) is 16.8. The lowest BCUT2D eigenvalue weighted by Crippen LogP contribution is -2.53. The number of amides is 4. The van der Waals surface area contributed by atoms with Gasteiger partial charge in [0.15, 0.2) is 11.5 Å². The zero-order valence-corrected chi connectivity index (χ0v) is 30.0. The van der Waals surface area contributed by atoms with Crippen LogP contribution < -0.4 is 20.0 Å². The van der Waals surface area contributed by atoms with Gasteiger partial charge < -0.3 is 19.9 Å². The topological polar surface area (TPSA) is 145 Å². The van der Waals surface area contributed by atoms with E-state index in [0.717, 1.165) is 9.80 Å². The summed E-state index contributed by atoms with van der Waals surface area (Å²) in [5.74, 6) is -6.33. The Morgan fingerprint density at radius 3 is 2.25 bits per heavy atom. The molecule has 2 aliphatic heterocycles. The van der Waals surface area contributed by atoms with E-state index in [1.165, 1.54) is 25.3 Å². The molecule has 3 N–H and O–H groups in total. The van der Waals surface area contributed by atoms with Crippen LogP contribution in [0, 0.1) is 23.7 Å². The van der Waals surface area contributed by atoms with Crippen LogP contribution in [-0.2, 0) is 24.6 Å². The summed E-state index contributed by atoms with van der Waals surface area (Å²) >= 11 is 9.94. The summed E-state index contributed by atoms with van der Waals surface area (Å²) < 4.78 is 6.12. The Hall–Kier alpha value is -4.75. The molecule has 4 aromatic rings. The van der Waals surface area contributed by atoms with Crippen LogP contribution in [0.3, 0.4) is 0 Å². The van der Waals surface area contributed by atoms with Gasteiger partial charge in [-0.05, 0) is 72.3 Å². The van der Waals surface area contributed by atoms with Gasteiger partial charge in [0.2, 0.25) is 23.6 Å². The third-order valence-electron chi connectivity index (χ3n) is 11.2. The Morgan fingerprint density at radius 1 is 0.846 bits per heavy atom. The molecule has 4 aliphatic rings. The van der Waals surface area contributed by atoms with Gasteiger partial charge in [-0.1, -0.05) is 87.7 Å². The van der Waals surface area contributed by atoms with Gasteiger partial charge in [-0.25, -0.2) is 4.90 Å². The Kier molecular flexibility index (Phi) is 8.41. The molecule has 4 amide bonds. The minimum atomic E-state index is -1.81. The molecule has 262 valence electrons. The fraction of sp³-hybridized carbons (Fsp3) is 0.231. The third kappa shape index (κ3) is 4.92. The Bertz CT molecular complexity index is 2220. The van der Waals surface area contributed by atoms with E-state index in [2.05, 4.69) is 15.9 Å². The van der Waals surface area contributed by atoms with Gasteiger partial charge in [0.25, 0.3) is 0 Å². The second-order valence-corrected chi connectivity index (χ2v) is 15.0. The fourth-order valence-corrected chi connectivity index (χ4v) is 9.78. The highest BCUT2D eigenvalue weighted by atomic mass is 79.9. The van der Waals surface area contributed by atoms with E-state index in [0.29, 0.717) is 31.9 Å². The van der Waals surface area contributed by atoms with Crippen molar-refractivity contribution in [3.05, 3.63) is 123 Å². The van der Waals surface area contributed by atoms with Gasteiger partial charge in [-0.15, -0.1) is 0 Å². The van der Waals surface area contributed by atoms with Crippen molar-refractivity contribution in [3.63, 3.8) is 0 Å². The molecule has 0 spiro atoms. The van der Waals surface area contributed by atoms with Crippen molar-refractivity contribution in [2.24, 2.45) is 23.7 Å². The zero-order chi connectivity index (χ0) is 36.6. The number of imide groups is 2. The lowest BCUT2D eigenvalue weighted by molar-refractivity contribution is -0.127. The number of ether oxygens (including phenoxy) is 1. The van der Waals surface area contributed by atoms with Crippen LogP contribution in [0.4, 0.5) is 11.4 Å². The van der Waals surface area contributed by atoms with Gasteiger partial charge in [-0.2, -0.15) is 0 Å². The van der Waals surface area contributed by atoms with Crippen LogP contribution >= 0.6 is 27.5 Å². The number of allylic oxidation sites excluding steroid dienone is 2. The summed E-state index contributed by atoms with van der Waals surface area (Å²) in [6.45, 7) is 0. The molecule has 3 fully saturated rings. The van der Waals surface area contributed by atoms with Crippen LogP contribution in [0.25, 0.3) is 0 Å². The molecule has 0 aromatic heterocycles. The lowest BCUT2D eigenvalue weighted by Gasteiger charge is -2.50. The van der Waals surface area contributed by atoms with Gasteiger partial charge in [0.05, 0.1) is 41.7 Å². The average Bonchev–Trinajstić information content (AvgIpc) is 3.53. The number of nitrogens with zero attached hydrogens (tertiary/aromatic N) is 2. The average molecular weight is 782 g/mol. The van der Waals surface area contributed by atoms with Crippen molar-refractivity contribution in [2.75, 3.05) is 16.9 Å². The summed E-state index contributed by atoms with van der Waals surface area (Å²) in [5.41, 5.74) is 0.568. The summed E-state index contributed by atoms with van der Waals surface area (Å²) in [4.78, 5) is 61.2. The number of halogens is 2. The van der Waals surface area contributed by atoms with E-state index in [1.807, 2.05) is 12.1 Å². The second-order valence-electron chi connectivity index (χ2n) is 13.6. The van der Waals surface area contributed by atoms with Gasteiger partial charge >= 0.3 is 7.12 Å². The van der Waals surface area contributed by atoms with Gasteiger partial charge in [0, 0.05) is 21.0 Å². The Balaban J connectivity index is 1.37. The molecule has 1 saturated carbocycles. The van der Waals surface area contributed by atoms with E-state index >= 15 is 4.79 Å². The number of carbonyl (C=O) groups is 4. The SMILES string of the molecule is COc1cc(Br)cc([C@H]2C3=CC[C@@H]4C(=O)N(c5cccc(B(O)O)c5)C(=O)[C@@H]4[C@@H]3C[C@H]3C(=O)N(c4cccc(Cl)c4)C(=O)[C@@]23c2ccccc2)c1O. The largest absolute Gasteiger partial charge is 0.504 e. The van der Waals surface area contributed by atoms with Crippen LogP contribution in [0.2, 0.25) is 5.02 Å². The summed E-state index contributed by atoms with van der Waals surface area (Å²) in [6.07, 6.45) is 2.12. The molecule has 6 atom stereocenters. The summed E-state index contributed by atoms with van der Waals surface area (Å²) in [5, 5.41) is 31.9. The van der Waals surface area contributed by atoms with Crippen LogP contribution in [-0.4, -0.2) is 53.0 Å². The fourth-order valence-electron chi connectivity index (χ4n) is 9.14. The molecule has 0 unspecified atom stereocenters. The minimum absolute atomic E-state index is 0.0637. The van der Waals surface area contributed by atoms with Crippen molar-refractivity contribution in [1.82, 2.24) is 0 Å². The Labute approximate surface area is 312 Å². The number of aromatic hydroxyl groups is 1. The molecule has 10 nitrogen and oxygen atoms in total. The number of benzene rings is 4. The predicted octanol–water partition coefficient (Wildman–Crippen LogP) is 4.86. The van der Waals surface area contributed by atoms with Crippen molar-refractivity contribution in [2.45, 2.75) is 24.2 Å². The summed E-state index contributed by atoms with van der Waals surface area (Å²) in [7, 11) is -0.389. The zero-order valence-electron chi connectivity index (χ0n) is 27.6. The molecule has 0 bridgehead atoms. The number of rotatable bonds is 6. The van der Waals surface area contributed by atoms with E-state index in [9.17, 15) is 29.5 Å². The molecule has 52 heavy (non-hydrogen) atoms. The van der Waals surface area contributed by atoms with Crippen molar-refractivity contribution >= 4 is 75.1 Å². The maximum atomic E-state index is 15.4. The summed E-state index contributed by atoms with van der Waals surface area (Å²) in [6, 6.07) is 24.8. The molecule has 2 saturated heterocycles. The van der Waals surface area contributed by atoms with Gasteiger partial charge in [0.1, 0.15) is 0 Å².